The molecule has 1 aromatic rings. The topological polar surface area (TPSA) is 62.5 Å². The van der Waals surface area contributed by atoms with Gasteiger partial charge < -0.3 is 15.5 Å². The van der Waals surface area contributed by atoms with E-state index in [0.717, 1.165) is 49.3 Å². The molecule has 6 heteroatoms. The van der Waals surface area contributed by atoms with Crippen molar-refractivity contribution in [3.05, 3.63) is 22.8 Å². The number of piperazine rings is 1. The van der Waals surface area contributed by atoms with E-state index >= 15 is 0 Å². The van der Waals surface area contributed by atoms with Gasteiger partial charge in [0.1, 0.15) is 5.82 Å². The Morgan fingerprint density at radius 3 is 2.50 bits per heavy atom. The molecule has 20 heavy (non-hydrogen) atoms. The minimum Gasteiger partial charge on any atom is -0.353 e. The lowest BCUT2D eigenvalue weighted by atomic mass is 10.1. The maximum atomic E-state index is 12.4. The van der Waals surface area contributed by atoms with E-state index in [9.17, 15) is 4.79 Å². The van der Waals surface area contributed by atoms with Gasteiger partial charge in [0.2, 0.25) is 5.91 Å². The predicted octanol–water partition coefficient (Wildman–Crippen LogP) is 1.23. The number of rotatable bonds is 3. The summed E-state index contributed by atoms with van der Waals surface area (Å²) in [4.78, 5) is 21.0. The number of nitrogens with two attached hydrogens (primary N) is 1. The van der Waals surface area contributed by atoms with E-state index in [-0.39, 0.29) is 11.3 Å². The molecule has 5 nitrogen and oxygen atoms in total. The molecule has 1 saturated carbocycles. The van der Waals surface area contributed by atoms with Crippen molar-refractivity contribution in [2.24, 2.45) is 11.1 Å². The van der Waals surface area contributed by atoms with Gasteiger partial charge in [0.15, 0.2) is 0 Å². The van der Waals surface area contributed by atoms with Gasteiger partial charge in [0.25, 0.3) is 0 Å². The molecule has 108 valence electrons. The van der Waals surface area contributed by atoms with Crippen LogP contribution in [0, 0.1) is 5.41 Å². The number of amides is 1. The van der Waals surface area contributed by atoms with Crippen LogP contribution in [0.15, 0.2) is 22.8 Å². The number of nitrogens with zero attached hydrogens (tertiary/aromatic N) is 3. The van der Waals surface area contributed by atoms with Crippen LogP contribution in [0.1, 0.15) is 12.8 Å². The van der Waals surface area contributed by atoms with Gasteiger partial charge in [-0.15, -0.1) is 0 Å². The van der Waals surface area contributed by atoms with E-state index in [1.807, 2.05) is 17.0 Å². The maximum Gasteiger partial charge on any atom is 0.230 e. The highest BCUT2D eigenvalue weighted by Crippen LogP contribution is 2.46. The lowest BCUT2D eigenvalue weighted by molar-refractivity contribution is -0.136. The van der Waals surface area contributed by atoms with Gasteiger partial charge in [-0.2, -0.15) is 0 Å². The Morgan fingerprint density at radius 1 is 1.30 bits per heavy atom. The highest BCUT2D eigenvalue weighted by molar-refractivity contribution is 9.10. The minimum absolute atomic E-state index is 0.224. The molecule has 0 unspecified atom stereocenters. The Bertz CT molecular complexity index is 492. The summed E-state index contributed by atoms with van der Waals surface area (Å²) in [5.74, 6) is 1.23. The van der Waals surface area contributed by atoms with Crippen molar-refractivity contribution in [3.63, 3.8) is 0 Å². The van der Waals surface area contributed by atoms with Crippen molar-refractivity contribution in [1.29, 1.82) is 0 Å². The molecule has 0 radical (unpaired) electrons. The molecule has 2 aliphatic rings. The van der Waals surface area contributed by atoms with Crippen molar-refractivity contribution in [1.82, 2.24) is 9.88 Å². The molecule has 0 aromatic carbocycles. The maximum absolute atomic E-state index is 12.4. The monoisotopic (exact) mass is 338 g/mol. The lowest BCUT2D eigenvalue weighted by Gasteiger charge is -2.37. The van der Waals surface area contributed by atoms with Crippen LogP contribution in [0.4, 0.5) is 5.82 Å². The fourth-order valence-electron chi connectivity index (χ4n) is 2.69. The first-order chi connectivity index (χ1) is 9.64. The average Bonchev–Trinajstić information content (AvgIpc) is 3.29. The van der Waals surface area contributed by atoms with E-state index in [1.54, 1.807) is 6.20 Å². The summed E-state index contributed by atoms with van der Waals surface area (Å²) in [6.07, 6.45) is 3.72. The van der Waals surface area contributed by atoms with Gasteiger partial charge in [-0.3, -0.25) is 4.79 Å². The fraction of sp³-hybridized carbons (Fsp3) is 0.571. The first-order valence-electron chi connectivity index (χ1n) is 7.01. The van der Waals surface area contributed by atoms with Gasteiger partial charge in [0, 0.05) is 43.4 Å². The third-order valence-corrected chi connectivity index (χ3v) is 4.77. The third-order valence-electron chi connectivity index (χ3n) is 4.30. The molecule has 1 aromatic heterocycles. The Balaban J connectivity index is 1.59. The summed E-state index contributed by atoms with van der Waals surface area (Å²) in [5, 5.41) is 0. The lowest BCUT2D eigenvalue weighted by Crippen LogP contribution is -2.52. The molecule has 2 N–H and O–H groups in total. The first kappa shape index (κ1) is 13.8. The zero-order valence-corrected chi connectivity index (χ0v) is 13.0. The van der Waals surface area contributed by atoms with Gasteiger partial charge in [-0.25, -0.2) is 4.98 Å². The highest BCUT2D eigenvalue weighted by atomic mass is 79.9. The molecule has 1 amide bonds. The van der Waals surface area contributed by atoms with Crippen LogP contribution < -0.4 is 10.6 Å². The van der Waals surface area contributed by atoms with Gasteiger partial charge in [-0.05, 0) is 40.9 Å². The minimum atomic E-state index is -0.224. The molecule has 3 rings (SSSR count). The Morgan fingerprint density at radius 2 is 2.00 bits per heavy atom. The summed E-state index contributed by atoms with van der Waals surface area (Å²) in [6.45, 7) is 3.68. The largest absolute Gasteiger partial charge is 0.353 e. The Labute approximate surface area is 127 Å². The summed E-state index contributed by atoms with van der Waals surface area (Å²) in [5.41, 5.74) is 5.51. The second-order valence-electron chi connectivity index (χ2n) is 5.60. The van der Waals surface area contributed by atoms with Crippen molar-refractivity contribution in [3.8, 4) is 0 Å². The molecule has 1 saturated heterocycles. The van der Waals surface area contributed by atoms with Crippen molar-refractivity contribution in [2.45, 2.75) is 12.8 Å². The van der Waals surface area contributed by atoms with Crippen LogP contribution in [0.25, 0.3) is 0 Å². The van der Waals surface area contributed by atoms with Crippen LogP contribution in [-0.4, -0.2) is 48.5 Å². The zero-order valence-electron chi connectivity index (χ0n) is 11.4. The summed E-state index contributed by atoms with van der Waals surface area (Å²) in [6, 6.07) is 4.00. The van der Waals surface area contributed by atoms with Gasteiger partial charge in [-0.1, -0.05) is 0 Å². The van der Waals surface area contributed by atoms with Crippen molar-refractivity contribution in [2.75, 3.05) is 37.6 Å². The second kappa shape index (κ2) is 5.33. The standard InChI is InChI=1S/C14H19BrN4O/c15-11-1-2-12(17-9-11)18-5-7-19(8-6-18)13(20)14(10-16)3-4-14/h1-2,9H,3-8,10,16H2. The Hall–Kier alpha value is -1.14. The SMILES string of the molecule is NCC1(C(=O)N2CCN(c3ccc(Br)cn3)CC2)CC1. The molecule has 0 bridgehead atoms. The van der Waals surface area contributed by atoms with Crippen molar-refractivity contribution >= 4 is 27.7 Å². The number of pyridine rings is 1. The van der Waals surface area contributed by atoms with Crippen LogP contribution in [0.5, 0.6) is 0 Å². The number of aromatic nitrogens is 1. The molecule has 1 aliphatic heterocycles. The molecule has 0 spiro atoms. The molecular formula is C14H19BrN4O. The number of hydrogen-bond donors (Lipinski definition) is 1. The summed E-state index contributed by atoms with van der Waals surface area (Å²) >= 11 is 3.39. The van der Waals surface area contributed by atoms with Crippen LogP contribution >= 0.6 is 15.9 Å². The Kier molecular flexibility index (Phi) is 3.69. The summed E-state index contributed by atoms with van der Waals surface area (Å²) < 4.78 is 0.980. The number of anilines is 1. The van der Waals surface area contributed by atoms with Crippen LogP contribution in [-0.2, 0) is 4.79 Å². The molecule has 1 aliphatic carbocycles. The number of halogens is 1. The highest BCUT2D eigenvalue weighted by Gasteiger charge is 2.50. The molecular weight excluding hydrogens is 320 g/mol. The quantitative estimate of drug-likeness (QED) is 0.900. The third kappa shape index (κ3) is 2.54. The number of carbonyl (C=O) groups is 1. The van der Waals surface area contributed by atoms with Crippen LogP contribution in [0.3, 0.4) is 0 Å². The molecule has 2 heterocycles. The molecule has 2 fully saturated rings. The van der Waals surface area contributed by atoms with Crippen LogP contribution in [0.2, 0.25) is 0 Å². The van der Waals surface area contributed by atoms with Crippen molar-refractivity contribution < 1.29 is 4.79 Å². The van der Waals surface area contributed by atoms with E-state index in [4.69, 9.17) is 5.73 Å². The van der Waals surface area contributed by atoms with Gasteiger partial charge >= 0.3 is 0 Å². The van der Waals surface area contributed by atoms with Gasteiger partial charge in [0.05, 0.1) is 5.41 Å². The average molecular weight is 339 g/mol. The van der Waals surface area contributed by atoms with E-state index in [2.05, 4.69) is 25.8 Å². The van der Waals surface area contributed by atoms with E-state index < -0.39 is 0 Å². The smallest absolute Gasteiger partial charge is 0.230 e. The first-order valence-corrected chi connectivity index (χ1v) is 7.80. The molecule has 0 atom stereocenters. The normalized spacial score (nSPS) is 20.9. The number of hydrogen-bond acceptors (Lipinski definition) is 4. The fourth-order valence-corrected chi connectivity index (χ4v) is 2.92. The summed E-state index contributed by atoms with van der Waals surface area (Å²) in [7, 11) is 0. The second-order valence-corrected chi connectivity index (χ2v) is 6.51. The van der Waals surface area contributed by atoms with E-state index in [1.165, 1.54) is 0 Å². The zero-order chi connectivity index (χ0) is 14.2. The van der Waals surface area contributed by atoms with E-state index in [0.29, 0.717) is 6.54 Å². The predicted molar refractivity (Wildman–Crippen MR) is 81.5 cm³/mol. The number of carbonyl (C=O) groups excluding carboxylic acids is 1.